The van der Waals surface area contributed by atoms with E-state index in [1.807, 2.05) is 13.8 Å². The van der Waals surface area contributed by atoms with Crippen LogP contribution >= 0.6 is 0 Å². The van der Waals surface area contributed by atoms with Crippen molar-refractivity contribution >= 4 is 34.3 Å². The second-order valence-corrected chi connectivity index (χ2v) is 9.23. The second-order valence-electron chi connectivity index (χ2n) is 8.35. The van der Waals surface area contributed by atoms with Gasteiger partial charge >= 0.3 is 5.97 Å². The number of anilines is 2. The first-order valence-corrected chi connectivity index (χ1v) is 12.2. The van der Waals surface area contributed by atoms with Crippen LogP contribution in [0.25, 0.3) is 6.08 Å². The standard InChI is InChI=1S/C24H26F2N2O5S/c1-3-27(4-2)9-5-6-14-10-16(25)7-8-19(14)28(34(31)32)20-12-18(26)21-17-11-15(17)13-33-23(21)22(20)24(29)30/h5-8,10,12,15,17,34H,3-4,9,11,13H2,1-2H3,(H,29,30). The molecule has 1 aliphatic heterocycles. The Bertz CT molecular complexity index is 1220. The summed E-state index contributed by atoms with van der Waals surface area (Å²) in [6.45, 7) is 6.40. The van der Waals surface area contributed by atoms with Crippen molar-refractivity contribution < 1.29 is 31.8 Å². The zero-order valence-corrected chi connectivity index (χ0v) is 19.7. The smallest absolute Gasteiger partial charge is 0.341 e. The number of aromatic carboxylic acids is 1. The van der Waals surface area contributed by atoms with Gasteiger partial charge in [-0.05, 0) is 43.6 Å². The molecule has 0 radical (unpaired) electrons. The maximum Gasteiger partial charge on any atom is 0.341 e. The van der Waals surface area contributed by atoms with Crippen LogP contribution in [0.15, 0.2) is 30.3 Å². The van der Waals surface area contributed by atoms with Crippen LogP contribution in [0.2, 0.25) is 0 Å². The maximum absolute atomic E-state index is 15.1. The van der Waals surface area contributed by atoms with Crippen LogP contribution < -0.4 is 9.04 Å². The Hall–Kier alpha value is -2.98. The van der Waals surface area contributed by atoms with Gasteiger partial charge in [-0.15, -0.1) is 0 Å². The Balaban J connectivity index is 1.85. The molecule has 2 aromatic rings. The lowest BCUT2D eigenvalue weighted by Crippen LogP contribution is -2.23. The monoisotopic (exact) mass is 492 g/mol. The SMILES string of the molecule is CCN(CC)CC=Cc1cc(F)ccc1N(c1cc(F)c2c(c1C(=O)O)OCC1CC21)[SH](=O)=O. The van der Waals surface area contributed by atoms with Gasteiger partial charge in [-0.2, -0.15) is 0 Å². The second kappa shape index (κ2) is 9.71. The van der Waals surface area contributed by atoms with Crippen molar-refractivity contribution in [1.29, 1.82) is 0 Å². The molecule has 1 saturated carbocycles. The first kappa shape index (κ1) is 24.2. The molecule has 7 nitrogen and oxygen atoms in total. The zero-order valence-electron chi connectivity index (χ0n) is 18.8. The number of nitrogens with zero attached hydrogens (tertiary/aromatic N) is 2. The average molecular weight is 493 g/mol. The molecule has 1 aliphatic carbocycles. The van der Waals surface area contributed by atoms with Crippen molar-refractivity contribution in [3.63, 3.8) is 0 Å². The normalized spacial score (nSPS) is 18.6. The number of likely N-dealkylation sites (N-methyl/N-ethyl adjacent to an activating group) is 1. The van der Waals surface area contributed by atoms with E-state index in [9.17, 15) is 22.7 Å². The molecule has 1 heterocycles. The lowest BCUT2D eigenvalue weighted by atomic mass is 9.98. The van der Waals surface area contributed by atoms with Gasteiger partial charge in [-0.3, -0.25) is 0 Å². The van der Waals surface area contributed by atoms with Gasteiger partial charge in [0.2, 0.25) is 10.9 Å². The first-order chi connectivity index (χ1) is 16.3. The van der Waals surface area contributed by atoms with Gasteiger partial charge in [0.15, 0.2) is 0 Å². The molecule has 0 saturated heterocycles. The molecule has 10 heteroatoms. The van der Waals surface area contributed by atoms with Crippen molar-refractivity contribution in [2.24, 2.45) is 5.92 Å². The summed E-state index contributed by atoms with van der Waals surface area (Å²) in [6, 6.07) is 4.38. The van der Waals surface area contributed by atoms with E-state index in [-0.39, 0.29) is 46.7 Å². The van der Waals surface area contributed by atoms with Crippen LogP contribution in [0.1, 0.15) is 47.7 Å². The molecular formula is C24H26F2N2O5S. The van der Waals surface area contributed by atoms with Gasteiger partial charge in [0.25, 0.3) is 0 Å². The van der Waals surface area contributed by atoms with Crippen LogP contribution in [0, 0.1) is 17.6 Å². The summed E-state index contributed by atoms with van der Waals surface area (Å²) in [4.78, 5) is 14.3. The number of rotatable bonds is 9. The summed E-state index contributed by atoms with van der Waals surface area (Å²) in [5.41, 5.74) is -0.413. The van der Waals surface area contributed by atoms with Crippen molar-refractivity contribution in [3.05, 3.63) is 58.7 Å². The largest absolute Gasteiger partial charge is 0.492 e. The molecule has 2 aromatic carbocycles. The minimum Gasteiger partial charge on any atom is -0.492 e. The number of ether oxygens (including phenoxy) is 1. The summed E-state index contributed by atoms with van der Waals surface area (Å²) in [7, 11) is -3.46. The van der Waals surface area contributed by atoms with Gasteiger partial charge in [-0.25, -0.2) is 26.3 Å². The van der Waals surface area contributed by atoms with Crippen LogP contribution in [-0.2, 0) is 10.9 Å². The third-order valence-electron chi connectivity index (χ3n) is 6.36. The Morgan fingerprint density at radius 2 is 1.94 bits per heavy atom. The molecule has 2 unspecified atom stereocenters. The average Bonchev–Trinajstić information content (AvgIpc) is 3.57. The van der Waals surface area contributed by atoms with Crippen LogP contribution in [0.5, 0.6) is 5.75 Å². The molecule has 0 amide bonds. The predicted molar refractivity (Wildman–Crippen MR) is 125 cm³/mol. The topological polar surface area (TPSA) is 87.2 Å². The number of carboxylic acids is 1. The summed E-state index contributed by atoms with van der Waals surface area (Å²) in [5, 5.41) is 9.95. The number of halogens is 2. The highest BCUT2D eigenvalue weighted by molar-refractivity contribution is 7.74. The highest BCUT2D eigenvalue weighted by Gasteiger charge is 2.48. The van der Waals surface area contributed by atoms with Crippen molar-refractivity contribution in [1.82, 2.24) is 4.90 Å². The molecule has 4 rings (SSSR count). The number of hydrogen-bond donors (Lipinski definition) is 2. The molecule has 2 atom stereocenters. The Labute approximate surface area is 198 Å². The van der Waals surface area contributed by atoms with E-state index in [1.54, 1.807) is 12.2 Å². The third-order valence-corrected chi connectivity index (χ3v) is 7.12. The molecule has 0 bridgehead atoms. The Morgan fingerprint density at radius 3 is 2.59 bits per heavy atom. The number of carbonyl (C=O) groups is 1. The fraction of sp³-hybridized carbons (Fsp3) is 0.375. The lowest BCUT2D eigenvalue weighted by Gasteiger charge is -2.26. The minimum atomic E-state index is -3.46. The van der Waals surface area contributed by atoms with Gasteiger partial charge in [0.1, 0.15) is 22.9 Å². The Morgan fingerprint density at radius 1 is 1.21 bits per heavy atom. The quantitative estimate of drug-likeness (QED) is 0.511. The van der Waals surface area contributed by atoms with Gasteiger partial charge in [0, 0.05) is 29.7 Å². The molecular weight excluding hydrogens is 466 g/mol. The predicted octanol–water partition coefficient (Wildman–Crippen LogP) is 4.18. The molecule has 0 aromatic heterocycles. The van der Waals surface area contributed by atoms with Crippen LogP contribution in [0.4, 0.5) is 20.2 Å². The van der Waals surface area contributed by atoms with E-state index < -0.39 is 34.1 Å². The van der Waals surface area contributed by atoms with Gasteiger partial charge in [0.05, 0.1) is 18.0 Å². The van der Waals surface area contributed by atoms with E-state index in [0.29, 0.717) is 17.3 Å². The van der Waals surface area contributed by atoms with Crippen LogP contribution in [0.3, 0.4) is 0 Å². The first-order valence-electron chi connectivity index (χ1n) is 11.1. The van der Waals surface area contributed by atoms with E-state index >= 15 is 4.39 Å². The van der Waals surface area contributed by atoms with Gasteiger partial charge in [-0.1, -0.05) is 26.0 Å². The lowest BCUT2D eigenvalue weighted by molar-refractivity contribution is 0.0692. The molecule has 2 aliphatic rings. The number of carboxylic acid groups (broad SMARTS) is 1. The van der Waals surface area contributed by atoms with E-state index in [4.69, 9.17) is 4.74 Å². The maximum atomic E-state index is 15.1. The molecule has 182 valence electrons. The van der Waals surface area contributed by atoms with Gasteiger partial charge < -0.3 is 14.7 Å². The third kappa shape index (κ3) is 4.52. The minimum absolute atomic E-state index is 0.00951. The summed E-state index contributed by atoms with van der Waals surface area (Å²) in [5.74, 6) is -2.87. The van der Waals surface area contributed by atoms with Crippen molar-refractivity contribution in [2.45, 2.75) is 26.2 Å². The Kier molecular flexibility index (Phi) is 6.90. The van der Waals surface area contributed by atoms with Crippen LogP contribution in [-0.4, -0.2) is 50.6 Å². The van der Waals surface area contributed by atoms with E-state index in [1.165, 1.54) is 6.07 Å². The fourth-order valence-electron chi connectivity index (χ4n) is 4.44. The summed E-state index contributed by atoms with van der Waals surface area (Å²) < 4.78 is 60.4. The highest BCUT2D eigenvalue weighted by atomic mass is 32.2. The number of benzene rings is 2. The summed E-state index contributed by atoms with van der Waals surface area (Å²) >= 11 is 0. The molecule has 34 heavy (non-hydrogen) atoms. The fourth-order valence-corrected chi connectivity index (χ4v) is 5.13. The summed E-state index contributed by atoms with van der Waals surface area (Å²) in [6.07, 6.45) is 4.04. The number of fused-ring (bicyclic) bond motifs is 3. The highest BCUT2D eigenvalue weighted by Crippen LogP contribution is 2.57. The molecule has 0 spiro atoms. The number of hydrogen-bond acceptors (Lipinski definition) is 5. The van der Waals surface area contributed by atoms with E-state index in [0.717, 1.165) is 31.3 Å². The van der Waals surface area contributed by atoms with Crippen molar-refractivity contribution in [3.8, 4) is 5.75 Å². The molecule has 1 N–H and O–H groups in total. The zero-order chi connectivity index (χ0) is 24.6. The van der Waals surface area contributed by atoms with Crippen molar-refractivity contribution in [2.75, 3.05) is 30.5 Å². The number of thiol groups is 1. The molecule has 1 fully saturated rings. The van der Waals surface area contributed by atoms with E-state index in [2.05, 4.69) is 4.90 Å².